The number of carboxylic acid groups (broad SMARTS) is 1. The molecule has 36 nitrogen and oxygen atoms in total. The van der Waals surface area contributed by atoms with Gasteiger partial charge in [0, 0.05) is 35.6 Å². The molecule has 7 amide bonds. The minimum Gasteiger partial charge on any atom is -0.508 e. The van der Waals surface area contributed by atoms with Crippen LogP contribution in [0.1, 0.15) is 125 Å². The Balaban J connectivity index is 1.17. The summed E-state index contributed by atoms with van der Waals surface area (Å²) < 4.78 is 51.3. The number of carbonyl (C=O) groups is 10. The average Bonchev–Trinajstić information content (AvgIpc) is 0.766. The smallest absolute Gasteiger partial charge is 0.330 e. The molecule has 0 radical (unpaired) electrons. The molecule has 11 bridgehead atoms. The number of hydrogen-bond donors (Lipinski definition) is 18. The zero-order valence-corrected chi connectivity index (χ0v) is 59.8. The fourth-order valence-corrected chi connectivity index (χ4v) is 13.9. The highest BCUT2D eigenvalue weighted by atomic mass is 16.8. The van der Waals surface area contributed by atoms with Crippen molar-refractivity contribution in [3.8, 4) is 57.1 Å². The van der Waals surface area contributed by atoms with E-state index in [9.17, 15) is 69.6 Å². The van der Waals surface area contributed by atoms with E-state index in [1.165, 1.54) is 83.3 Å². The number of primary amides is 1. The quantitative estimate of drug-likeness (QED) is 0.0625. The molecular weight excluding hydrogens is 1430 g/mol. The zero-order valence-electron chi connectivity index (χ0n) is 59.8. The van der Waals surface area contributed by atoms with E-state index in [4.69, 9.17) is 55.1 Å². The molecule has 0 saturated carbocycles. The standard InChI is InChI=1S/C73H86N10O26/c1-28(2)18-40(77-7)64(94)82-54-56(89)31-8-13-36(14-9-31)104-44-20-34-21-45(60(44)109-71-61(58(91)57(90)46(27-84)106-71)108-49-26-73(6,76)63(93)30(4)103-49)105-37-15-10-32(11-16-37)59(107-48-25-72(5,75)62(92)29(3)102-48)55-69(99)81-53(70(100)101)39-22-35(85)23-43(87)50(39)38-19-33(12-17-42(38)86)51(66(96)83-55)80-67(97)52(34)79-65(95)41(24-47(74)88)78-68(54)98/h8-17,19-23,28-30,40-41,46,48-49,51-59,61,71,77,84-87,89-91H,18,24-27,75-76H2,1-7H3,(H2,74,88)(H,78,98)(H,79,95)(H,80,97)(H,81,99)(H,82,94)(H,83,96)(H,100,101). The number of Topliss-reactive ketones (excluding diaryl/α,β-unsaturated/α-hetero) is 2. The topological polar surface area (TPSA) is 569 Å². The normalized spacial score (nSPS) is 31.1. The number of nitrogens with two attached hydrogens (primary N) is 3. The Labute approximate surface area is 621 Å². The van der Waals surface area contributed by atoms with Crippen LogP contribution in [0.4, 0.5) is 0 Å². The molecule has 3 fully saturated rings. The number of aliphatic carboxylic acids is 1. The summed E-state index contributed by atoms with van der Waals surface area (Å²) in [7, 11) is 1.49. The molecule has 5 aromatic carbocycles. The van der Waals surface area contributed by atoms with Crippen molar-refractivity contribution in [3.63, 3.8) is 0 Å². The number of likely N-dealkylation sites (N-methyl/N-ethyl adjacent to an activating group) is 1. The van der Waals surface area contributed by atoms with Gasteiger partial charge >= 0.3 is 5.97 Å². The molecule has 0 aliphatic carbocycles. The molecule has 0 spiro atoms. The monoisotopic (exact) mass is 1520 g/mol. The second-order valence-electron chi connectivity index (χ2n) is 28.5. The Hall–Kier alpha value is -10.5. The van der Waals surface area contributed by atoms with Gasteiger partial charge in [0.15, 0.2) is 47.8 Å². The number of amides is 7. The van der Waals surface area contributed by atoms with Crippen LogP contribution < -0.4 is 68.6 Å². The first-order chi connectivity index (χ1) is 51.4. The Morgan fingerprint density at radius 3 is 1.77 bits per heavy atom. The van der Waals surface area contributed by atoms with Gasteiger partial charge in [0.05, 0.1) is 30.1 Å². The summed E-state index contributed by atoms with van der Waals surface area (Å²) in [4.78, 5) is 146. The molecule has 109 heavy (non-hydrogen) atoms. The van der Waals surface area contributed by atoms with E-state index < -0.39 is 256 Å². The van der Waals surface area contributed by atoms with Gasteiger partial charge in [-0.15, -0.1) is 0 Å². The summed E-state index contributed by atoms with van der Waals surface area (Å²) >= 11 is 0. The molecule has 3 saturated heterocycles. The van der Waals surface area contributed by atoms with Gasteiger partial charge < -0.3 is 133 Å². The summed E-state index contributed by atoms with van der Waals surface area (Å²) in [5.41, 5.74) is 13.1. The number of hydrogen-bond acceptors (Lipinski definition) is 28. The third-order valence-electron chi connectivity index (χ3n) is 19.6. The van der Waals surface area contributed by atoms with Crippen LogP contribution in [0.2, 0.25) is 0 Å². The van der Waals surface area contributed by atoms with Gasteiger partial charge in [0.1, 0.15) is 102 Å². The van der Waals surface area contributed by atoms with Gasteiger partial charge in [0.25, 0.3) is 0 Å². The maximum atomic E-state index is 16.3. The number of carboxylic acids is 1. The van der Waals surface area contributed by atoms with Crippen LogP contribution in [0.15, 0.2) is 91.0 Å². The third-order valence-corrected chi connectivity index (χ3v) is 19.6. The third kappa shape index (κ3) is 17.0. The molecule has 36 heteroatoms. The Morgan fingerprint density at radius 2 is 1.21 bits per heavy atom. The van der Waals surface area contributed by atoms with Crippen molar-refractivity contribution in [3.05, 3.63) is 119 Å². The number of ketones is 2. The molecule has 20 atom stereocenters. The average molecular weight is 1520 g/mol. The van der Waals surface area contributed by atoms with E-state index in [1.807, 2.05) is 13.8 Å². The SMILES string of the molecule is CNC(CC(C)C)C(=O)NC1C(=O)NC(CC(N)=O)C(=O)NC2C(=O)NC3C(=O)NC(C(=O)NC(C(=O)O)c4cc(O)cc(O)c4-c4cc3ccc4O)C(OC3CC(C)(N)C(=O)C(C)O3)c3ccc(cc3)Oc3cc2cc(c3OC2OC(CO)C(O)C(O)C2OC2CC(C)(N)C(=O)C(C)O2)Oc2ccc(cc2)C1O. The largest absolute Gasteiger partial charge is 0.508 e. The van der Waals surface area contributed by atoms with Crippen molar-refractivity contribution in [2.45, 2.75) is 188 Å². The number of phenols is 3. The van der Waals surface area contributed by atoms with Gasteiger partial charge in [-0.3, -0.25) is 43.2 Å². The Kier molecular flexibility index (Phi) is 23.4. The van der Waals surface area contributed by atoms with Crippen LogP contribution in [0.3, 0.4) is 0 Å². The minimum absolute atomic E-state index is 0.0504. The second-order valence-corrected chi connectivity index (χ2v) is 28.5. The van der Waals surface area contributed by atoms with Gasteiger partial charge in [-0.25, -0.2) is 4.79 Å². The van der Waals surface area contributed by atoms with Crippen LogP contribution in [0, 0.1) is 5.92 Å². The van der Waals surface area contributed by atoms with Crippen molar-refractivity contribution in [1.29, 1.82) is 0 Å². The summed E-state index contributed by atoms with van der Waals surface area (Å²) in [6, 6.07) is 3.19. The number of ether oxygens (including phenoxy) is 8. The van der Waals surface area contributed by atoms with Gasteiger partial charge in [0.2, 0.25) is 53.4 Å². The lowest BCUT2D eigenvalue weighted by molar-refractivity contribution is -0.323. The summed E-state index contributed by atoms with van der Waals surface area (Å²) in [5, 5.41) is 110. The first kappa shape index (κ1) is 79.6. The Morgan fingerprint density at radius 1 is 0.651 bits per heavy atom. The maximum Gasteiger partial charge on any atom is 0.330 e. The summed E-state index contributed by atoms with van der Waals surface area (Å²) in [6.45, 7) is 8.29. The molecule has 0 aromatic heterocycles. The maximum absolute atomic E-state index is 16.3. The number of fused-ring (bicyclic) bond motifs is 15. The first-order valence-electron chi connectivity index (χ1n) is 34.8. The number of aromatic hydroxyl groups is 3. The summed E-state index contributed by atoms with van der Waals surface area (Å²) in [6.07, 6.45) is -20.4. The predicted octanol–water partition coefficient (Wildman–Crippen LogP) is -0.547. The Bertz CT molecular complexity index is 4370. The number of nitrogens with one attached hydrogen (secondary N) is 7. The lowest BCUT2D eigenvalue weighted by Crippen LogP contribution is -2.63. The van der Waals surface area contributed by atoms with Crippen molar-refractivity contribution in [1.82, 2.24) is 37.2 Å². The highest BCUT2D eigenvalue weighted by Gasteiger charge is 2.52. The number of carbonyl (C=O) groups excluding carboxylic acids is 9. The number of phenolic OH excluding ortho intramolecular Hbond substituents is 3. The molecule has 13 rings (SSSR count). The van der Waals surface area contributed by atoms with E-state index in [0.29, 0.717) is 0 Å². The van der Waals surface area contributed by atoms with Crippen molar-refractivity contribution >= 4 is 58.9 Å². The van der Waals surface area contributed by atoms with E-state index in [-0.39, 0.29) is 46.9 Å². The molecular formula is C73H86N10O26. The minimum atomic E-state index is -2.32. The second kappa shape index (κ2) is 32.0. The summed E-state index contributed by atoms with van der Waals surface area (Å²) in [5.74, 6) is -16.2. The molecule has 5 aromatic rings. The zero-order chi connectivity index (χ0) is 79.2. The van der Waals surface area contributed by atoms with E-state index >= 15 is 19.2 Å². The predicted molar refractivity (Wildman–Crippen MR) is 374 cm³/mol. The van der Waals surface area contributed by atoms with Gasteiger partial charge in [-0.1, -0.05) is 44.2 Å². The first-order valence-corrected chi connectivity index (χ1v) is 34.8. The highest BCUT2D eigenvalue weighted by Crippen LogP contribution is 2.49. The van der Waals surface area contributed by atoms with Crippen LogP contribution in [0.25, 0.3) is 11.1 Å². The number of aliphatic hydroxyl groups is 4. The van der Waals surface area contributed by atoms with E-state index in [2.05, 4.69) is 37.2 Å². The van der Waals surface area contributed by atoms with Crippen LogP contribution in [0.5, 0.6) is 46.0 Å². The van der Waals surface area contributed by atoms with Crippen molar-refractivity contribution in [2.24, 2.45) is 23.1 Å². The molecule has 8 aliphatic heterocycles. The van der Waals surface area contributed by atoms with Crippen LogP contribution >= 0.6 is 0 Å². The molecule has 8 aliphatic rings. The van der Waals surface area contributed by atoms with Gasteiger partial charge in [-0.05, 0) is 124 Å². The number of aliphatic hydroxyl groups excluding tert-OH is 4. The van der Waals surface area contributed by atoms with E-state index in [1.54, 1.807) is 0 Å². The molecule has 584 valence electrons. The van der Waals surface area contributed by atoms with Crippen molar-refractivity contribution < 1.29 is 127 Å². The lowest BCUT2D eigenvalue weighted by atomic mass is 9.88. The fraction of sp³-hybridized carbons (Fsp3) is 0.452. The number of benzene rings is 5. The molecule has 21 N–H and O–H groups in total. The van der Waals surface area contributed by atoms with Gasteiger partial charge in [-0.2, -0.15) is 0 Å². The molecule has 8 heterocycles. The highest BCUT2D eigenvalue weighted by molar-refractivity contribution is 6.01. The number of rotatable bonds is 15. The molecule has 20 unspecified atom stereocenters. The van der Waals surface area contributed by atoms with E-state index in [0.717, 1.165) is 42.5 Å². The van der Waals surface area contributed by atoms with Crippen LogP contribution in [-0.2, 0) is 71.6 Å². The van der Waals surface area contributed by atoms with Crippen molar-refractivity contribution in [2.75, 3.05) is 13.7 Å². The van der Waals surface area contributed by atoms with Crippen LogP contribution in [-0.4, -0.2) is 204 Å². The lowest BCUT2D eigenvalue weighted by Gasteiger charge is -2.45. The fourth-order valence-electron chi connectivity index (χ4n) is 13.9.